The summed E-state index contributed by atoms with van der Waals surface area (Å²) in [5, 5.41) is 2.51. The molecule has 0 spiro atoms. The zero-order chi connectivity index (χ0) is 21.5. The molecule has 1 aromatic heterocycles. The lowest BCUT2D eigenvalue weighted by Crippen LogP contribution is -2.66. The number of benzene rings is 2. The summed E-state index contributed by atoms with van der Waals surface area (Å²) in [4.78, 5) is 18.4. The van der Waals surface area contributed by atoms with Gasteiger partial charge in [-0.2, -0.15) is 0 Å². The molecule has 0 saturated heterocycles. The van der Waals surface area contributed by atoms with Crippen LogP contribution in [0.1, 0.15) is 32.2 Å². The summed E-state index contributed by atoms with van der Waals surface area (Å²) in [5.74, 6) is 0.758. The Balaban J connectivity index is 1.85. The van der Waals surface area contributed by atoms with Crippen molar-refractivity contribution in [3.63, 3.8) is 0 Å². The Labute approximate surface area is 180 Å². The summed E-state index contributed by atoms with van der Waals surface area (Å²) in [6.07, 6.45) is 4.18. The van der Waals surface area contributed by atoms with E-state index in [0.29, 0.717) is 19.6 Å². The van der Waals surface area contributed by atoms with Gasteiger partial charge in [-0.25, -0.2) is 19.7 Å². The van der Waals surface area contributed by atoms with Crippen LogP contribution in [-0.4, -0.2) is 32.0 Å². The summed E-state index contributed by atoms with van der Waals surface area (Å²) in [7, 11) is -1.04. The van der Waals surface area contributed by atoms with Gasteiger partial charge in [0.1, 0.15) is 12.4 Å². The zero-order valence-corrected chi connectivity index (χ0v) is 19.2. The van der Waals surface area contributed by atoms with Crippen molar-refractivity contribution in [1.82, 2.24) is 9.97 Å². The molecule has 0 aliphatic heterocycles. The largest absolute Gasteiger partial charge is 0.407 e. The highest BCUT2D eigenvalue weighted by atomic mass is 28.4. The molecule has 0 N–H and O–H groups in total. The van der Waals surface area contributed by atoms with Gasteiger partial charge in [0.2, 0.25) is 0 Å². The van der Waals surface area contributed by atoms with Gasteiger partial charge in [-0.3, -0.25) is 0 Å². The molecule has 0 aliphatic carbocycles. The summed E-state index contributed by atoms with van der Waals surface area (Å²) >= 11 is 0. The zero-order valence-electron chi connectivity index (χ0n) is 18.2. The lowest BCUT2D eigenvalue weighted by molar-refractivity contribution is -0.282. The molecule has 3 rings (SSSR count). The fraction of sp³-hybridized carbons (Fsp3) is 0.333. The Bertz CT molecular complexity index is 858. The number of rotatable bonds is 9. The van der Waals surface area contributed by atoms with Crippen molar-refractivity contribution in [2.75, 3.05) is 13.7 Å². The van der Waals surface area contributed by atoms with E-state index in [1.807, 2.05) is 0 Å². The maximum absolute atomic E-state index is 6.88. The van der Waals surface area contributed by atoms with Crippen LogP contribution in [0.15, 0.2) is 73.1 Å². The van der Waals surface area contributed by atoms with E-state index < -0.39 is 8.32 Å². The minimum Gasteiger partial charge on any atom is -0.407 e. The molecule has 0 bridgehead atoms. The van der Waals surface area contributed by atoms with Crippen molar-refractivity contribution in [2.24, 2.45) is 0 Å². The molecule has 2 aromatic carbocycles. The van der Waals surface area contributed by atoms with E-state index in [0.717, 1.165) is 11.4 Å². The van der Waals surface area contributed by atoms with Crippen LogP contribution in [-0.2, 0) is 27.2 Å². The number of hydrogen-bond donors (Lipinski definition) is 0. The normalized spacial score (nSPS) is 12.1. The van der Waals surface area contributed by atoms with E-state index in [1.165, 1.54) is 17.5 Å². The third-order valence-electron chi connectivity index (χ3n) is 5.16. The van der Waals surface area contributed by atoms with E-state index in [4.69, 9.17) is 9.31 Å². The van der Waals surface area contributed by atoms with Crippen LogP contribution in [0.4, 0.5) is 0 Å². The molecule has 0 amide bonds. The lowest BCUT2D eigenvalue weighted by Gasteiger charge is -2.43. The first-order chi connectivity index (χ1) is 14.5. The van der Waals surface area contributed by atoms with Crippen molar-refractivity contribution in [1.29, 1.82) is 0 Å². The molecular weight excluding hydrogens is 392 g/mol. The molecule has 0 radical (unpaired) electrons. The molecule has 0 atom stereocenters. The Hall–Kier alpha value is -2.38. The van der Waals surface area contributed by atoms with Gasteiger partial charge in [0.05, 0.1) is 7.11 Å². The summed E-state index contributed by atoms with van der Waals surface area (Å²) < 4.78 is 6.88. The molecule has 3 aromatic rings. The van der Waals surface area contributed by atoms with Crippen LogP contribution in [0, 0.1) is 0 Å². The topological polar surface area (TPSA) is 53.5 Å². The van der Waals surface area contributed by atoms with Crippen LogP contribution < -0.4 is 10.4 Å². The molecular formula is C24H30N2O3Si. The van der Waals surface area contributed by atoms with E-state index in [2.05, 4.69) is 96.3 Å². The molecule has 158 valence electrons. The highest BCUT2D eigenvalue weighted by Crippen LogP contribution is 2.36. The summed E-state index contributed by atoms with van der Waals surface area (Å²) in [6, 6.07) is 21.3. The van der Waals surface area contributed by atoms with Gasteiger partial charge in [-0.05, 0) is 15.4 Å². The second-order valence-corrected chi connectivity index (χ2v) is 12.5. The second kappa shape index (κ2) is 10.1. The molecule has 0 unspecified atom stereocenters. The van der Waals surface area contributed by atoms with Crippen molar-refractivity contribution in [2.45, 2.75) is 38.8 Å². The molecule has 0 fully saturated rings. The van der Waals surface area contributed by atoms with Gasteiger partial charge in [-0.1, -0.05) is 81.4 Å². The van der Waals surface area contributed by atoms with Crippen molar-refractivity contribution >= 4 is 18.7 Å². The first-order valence-corrected chi connectivity index (χ1v) is 12.1. The number of nitrogens with zero attached hydrogens (tertiary/aromatic N) is 2. The van der Waals surface area contributed by atoms with Crippen molar-refractivity contribution < 1.29 is 14.2 Å². The van der Waals surface area contributed by atoms with Crippen molar-refractivity contribution in [3.8, 4) is 0 Å². The monoisotopic (exact) mass is 422 g/mol. The van der Waals surface area contributed by atoms with Gasteiger partial charge in [-0.15, -0.1) is 0 Å². The van der Waals surface area contributed by atoms with Gasteiger partial charge in [0.25, 0.3) is 8.32 Å². The summed E-state index contributed by atoms with van der Waals surface area (Å²) in [6.45, 7) is 7.72. The van der Waals surface area contributed by atoms with Gasteiger partial charge < -0.3 is 4.43 Å². The van der Waals surface area contributed by atoms with Crippen LogP contribution in [0.2, 0.25) is 5.04 Å². The first kappa shape index (κ1) is 22.3. The van der Waals surface area contributed by atoms with Crippen LogP contribution >= 0.6 is 0 Å². The molecule has 30 heavy (non-hydrogen) atoms. The Kier molecular flexibility index (Phi) is 7.50. The number of hydrogen-bond acceptors (Lipinski definition) is 5. The van der Waals surface area contributed by atoms with Crippen LogP contribution in [0.5, 0.6) is 0 Å². The SMILES string of the molecule is COOCc1cnc(CCO[Si](c2ccccc2)(c2ccccc2)C(C)(C)C)nc1. The van der Waals surface area contributed by atoms with Crippen LogP contribution in [0.25, 0.3) is 0 Å². The molecule has 0 aliphatic rings. The third-order valence-corrected chi connectivity index (χ3v) is 10.2. The summed E-state index contributed by atoms with van der Waals surface area (Å²) in [5.41, 5.74) is 0.869. The highest BCUT2D eigenvalue weighted by Gasteiger charge is 2.49. The van der Waals surface area contributed by atoms with Crippen LogP contribution in [0.3, 0.4) is 0 Å². The minimum atomic E-state index is -2.52. The van der Waals surface area contributed by atoms with Gasteiger partial charge in [0, 0.05) is 31.0 Å². The smallest absolute Gasteiger partial charge is 0.261 e. The van der Waals surface area contributed by atoms with E-state index in [9.17, 15) is 0 Å². The van der Waals surface area contributed by atoms with Gasteiger partial charge >= 0.3 is 0 Å². The number of aromatic nitrogens is 2. The average molecular weight is 423 g/mol. The molecule has 1 heterocycles. The maximum Gasteiger partial charge on any atom is 0.261 e. The predicted octanol–water partition coefficient (Wildman–Crippen LogP) is 3.67. The Morgan fingerprint density at radius 1 is 0.833 bits per heavy atom. The minimum absolute atomic E-state index is 0.0437. The van der Waals surface area contributed by atoms with E-state index in [1.54, 1.807) is 12.4 Å². The van der Waals surface area contributed by atoms with Crippen molar-refractivity contribution in [3.05, 3.63) is 84.4 Å². The Morgan fingerprint density at radius 3 is 1.83 bits per heavy atom. The fourth-order valence-electron chi connectivity index (χ4n) is 3.77. The fourth-order valence-corrected chi connectivity index (χ4v) is 8.33. The van der Waals surface area contributed by atoms with E-state index in [-0.39, 0.29) is 5.04 Å². The predicted molar refractivity (Wildman–Crippen MR) is 121 cm³/mol. The quantitative estimate of drug-likeness (QED) is 0.299. The average Bonchev–Trinajstić information content (AvgIpc) is 2.76. The third kappa shape index (κ3) is 5.02. The molecule has 0 saturated carbocycles. The van der Waals surface area contributed by atoms with E-state index >= 15 is 0 Å². The maximum atomic E-state index is 6.88. The second-order valence-electron chi connectivity index (χ2n) is 8.20. The lowest BCUT2D eigenvalue weighted by atomic mass is 10.2. The highest BCUT2D eigenvalue weighted by molar-refractivity contribution is 6.99. The van der Waals surface area contributed by atoms with Gasteiger partial charge in [0.15, 0.2) is 0 Å². The molecule has 6 heteroatoms. The first-order valence-electron chi connectivity index (χ1n) is 10.2. The Morgan fingerprint density at radius 2 is 1.37 bits per heavy atom. The standard InChI is InChI=1S/C24H30N2O3Si/c1-24(2,3)30(21-11-7-5-8-12-21,22-13-9-6-10-14-22)29-16-15-23-25-17-20(18-26-23)19-28-27-4/h5-14,17-18H,15-16,19H2,1-4H3. The molecule has 5 nitrogen and oxygen atoms in total.